The van der Waals surface area contributed by atoms with Crippen molar-refractivity contribution in [3.8, 4) is 0 Å². The molecule has 0 radical (unpaired) electrons. The summed E-state index contributed by atoms with van der Waals surface area (Å²) in [5.74, 6) is 0.794. The third kappa shape index (κ3) is 14.3. The molecule has 0 spiro atoms. The summed E-state index contributed by atoms with van der Waals surface area (Å²) in [7, 11) is 2.21. The van der Waals surface area contributed by atoms with Crippen LogP contribution in [0.1, 0.15) is 77.6 Å². The van der Waals surface area contributed by atoms with Crippen LogP contribution in [0.2, 0.25) is 0 Å². The van der Waals surface area contributed by atoms with Gasteiger partial charge in [-0.1, -0.05) is 64.7 Å². The van der Waals surface area contributed by atoms with Crippen molar-refractivity contribution in [2.24, 2.45) is 0 Å². The number of halogens is 1. The summed E-state index contributed by atoms with van der Waals surface area (Å²) >= 11 is 5.68. The number of hydrogen-bond donors (Lipinski definition) is 0. The molecule has 0 amide bonds. The highest BCUT2D eigenvalue weighted by Crippen LogP contribution is 2.10. The predicted octanol–water partition coefficient (Wildman–Crippen LogP) is 5.47. The van der Waals surface area contributed by atoms with E-state index in [9.17, 15) is 0 Å². The first-order chi connectivity index (χ1) is 8.81. The van der Waals surface area contributed by atoms with E-state index in [1.165, 1.54) is 70.8 Å². The minimum Gasteiger partial charge on any atom is -0.306 e. The summed E-state index contributed by atoms with van der Waals surface area (Å²) in [4.78, 5) is 2.41. The Kier molecular flexibility index (Phi) is 15.5. The molecule has 0 saturated carbocycles. The fourth-order valence-corrected chi connectivity index (χ4v) is 2.43. The van der Waals surface area contributed by atoms with E-state index >= 15 is 0 Å². The Morgan fingerprint density at radius 3 is 1.61 bits per heavy atom. The van der Waals surface area contributed by atoms with Gasteiger partial charge in [0.15, 0.2) is 0 Å². The van der Waals surface area contributed by atoms with E-state index in [0.29, 0.717) is 0 Å². The molecule has 0 fully saturated rings. The van der Waals surface area contributed by atoms with Crippen LogP contribution in [0.4, 0.5) is 0 Å². The highest BCUT2D eigenvalue weighted by atomic mass is 35.5. The van der Waals surface area contributed by atoms with Gasteiger partial charge in [0.1, 0.15) is 0 Å². The molecule has 2 heteroatoms. The third-order valence-corrected chi connectivity index (χ3v) is 3.83. The van der Waals surface area contributed by atoms with E-state index in [4.69, 9.17) is 11.6 Å². The predicted molar refractivity (Wildman–Crippen MR) is 84.7 cm³/mol. The Balaban J connectivity index is 3.02. The molecule has 110 valence electrons. The molecule has 0 heterocycles. The van der Waals surface area contributed by atoms with Crippen molar-refractivity contribution in [3.63, 3.8) is 0 Å². The number of nitrogens with zero attached hydrogens (tertiary/aromatic N) is 1. The average Bonchev–Trinajstić information content (AvgIpc) is 2.38. The van der Waals surface area contributed by atoms with Crippen LogP contribution < -0.4 is 0 Å². The van der Waals surface area contributed by atoms with Gasteiger partial charge in [-0.15, -0.1) is 11.6 Å². The molecule has 0 aromatic carbocycles. The van der Waals surface area contributed by atoms with Crippen LogP contribution in [0, 0.1) is 0 Å². The minimum absolute atomic E-state index is 0.794. The van der Waals surface area contributed by atoms with Gasteiger partial charge in [-0.2, -0.15) is 0 Å². The second kappa shape index (κ2) is 15.3. The van der Waals surface area contributed by atoms with Gasteiger partial charge >= 0.3 is 0 Å². The van der Waals surface area contributed by atoms with Crippen LogP contribution in [0.3, 0.4) is 0 Å². The van der Waals surface area contributed by atoms with Crippen molar-refractivity contribution >= 4 is 11.6 Å². The Labute approximate surface area is 120 Å². The smallest absolute Gasteiger partial charge is 0.0235 e. The molecule has 0 aromatic heterocycles. The standard InChI is InChI=1S/C16H34ClN/c1-3-4-5-6-7-8-9-10-11-12-15-18(2)16-13-14-17/h3-16H2,1-2H3. The van der Waals surface area contributed by atoms with Gasteiger partial charge in [-0.3, -0.25) is 0 Å². The van der Waals surface area contributed by atoms with E-state index in [1.54, 1.807) is 0 Å². The second-order valence-electron chi connectivity index (χ2n) is 5.53. The molecule has 18 heavy (non-hydrogen) atoms. The SMILES string of the molecule is CCCCCCCCCCCCN(C)CCCCl. The molecule has 0 atom stereocenters. The van der Waals surface area contributed by atoms with Crippen LogP contribution in [-0.4, -0.2) is 30.9 Å². The fraction of sp³-hybridized carbons (Fsp3) is 1.00. The highest BCUT2D eigenvalue weighted by molar-refractivity contribution is 6.17. The van der Waals surface area contributed by atoms with Crippen LogP contribution in [-0.2, 0) is 0 Å². The zero-order valence-electron chi connectivity index (χ0n) is 12.7. The van der Waals surface area contributed by atoms with E-state index in [0.717, 1.165) is 18.8 Å². The normalized spacial score (nSPS) is 11.3. The molecule has 0 aromatic rings. The monoisotopic (exact) mass is 275 g/mol. The summed E-state index contributed by atoms with van der Waals surface area (Å²) in [6, 6.07) is 0. The molecule has 0 rings (SSSR count). The summed E-state index contributed by atoms with van der Waals surface area (Å²) in [6.45, 7) is 4.68. The second-order valence-corrected chi connectivity index (χ2v) is 5.91. The van der Waals surface area contributed by atoms with Gasteiger partial charge in [0.2, 0.25) is 0 Å². The van der Waals surface area contributed by atoms with Gasteiger partial charge in [0.25, 0.3) is 0 Å². The molecule has 0 N–H and O–H groups in total. The lowest BCUT2D eigenvalue weighted by molar-refractivity contribution is 0.325. The zero-order chi connectivity index (χ0) is 13.5. The third-order valence-electron chi connectivity index (χ3n) is 3.57. The molecule has 0 unspecified atom stereocenters. The van der Waals surface area contributed by atoms with Crippen molar-refractivity contribution in [1.29, 1.82) is 0 Å². The fourth-order valence-electron chi connectivity index (χ4n) is 2.31. The number of hydrogen-bond acceptors (Lipinski definition) is 1. The maximum Gasteiger partial charge on any atom is 0.0235 e. The Morgan fingerprint density at radius 1 is 0.667 bits per heavy atom. The van der Waals surface area contributed by atoms with Crippen molar-refractivity contribution < 1.29 is 0 Å². The van der Waals surface area contributed by atoms with E-state index < -0.39 is 0 Å². The van der Waals surface area contributed by atoms with Crippen LogP contribution in [0.25, 0.3) is 0 Å². The average molecular weight is 276 g/mol. The van der Waals surface area contributed by atoms with Crippen LogP contribution in [0.5, 0.6) is 0 Å². The van der Waals surface area contributed by atoms with E-state index in [2.05, 4.69) is 18.9 Å². The summed E-state index contributed by atoms with van der Waals surface area (Å²) < 4.78 is 0. The minimum atomic E-state index is 0.794. The maximum absolute atomic E-state index is 5.68. The number of unbranched alkanes of at least 4 members (excludes halogenated alkanes) is 9. The molecule has 0 aliphatic carbocycles. The van der Waals surface area contributed by atoms with Crippen LogP contribution in [0.15, 0.2) is 0 Å². The lowest BCUT2D eigenvalue weighted by Gasteiger charge is -2.15. The summed E-state index contributed by atoms with van der Waals surface area (Å²) in [5.41, 5.74) is 0. The quantitative estimate of drug-likeness (QED) is 0.300. The molecule has 0 aliphatic heterocycles. The topological polar surface area (TPSA) is 3.24 Å². The van der Waals surface area contributed by atoms with E-state index in [1.807, 2.05) is 0 Å². The largest absolute Gasteiger partial charge is 0.306 e. The van der Waals surface area contributed by atoms with Crippen LogP contribution >= 0.6 is 11.6 Å². The molecular weight excluding hydrogens is 242 g/mol. The first kappa shape index (κ1) is 18.2. The first-order valence-corrected chi connectivity index (χ1v) is 8.59. The lowest BCUT2D eigenvalue weighted by atomic mass is 10.1. The summed E-state index contributed by atoms with van der Waals surface area (Å²) in [6.07, 6.45) is 15.3. The first-order valence-electron chi connectivity index (χ1n) is 8.05. The van der Waals surface area contributed by atoms with Crippen molar-refractivity contribution in [2.75, 3.05) is 26.0 Å². The van der Waals surface area contributed by atoms with Crippen molar-refractivity contribution in [1.82, 2.24) is 4.90 Å². The number of rotatable bonds is 14. The zero-order valence-corrected chi connectivity index (χ0v) is 13.5. The molecule has 0 saturated heterocycles. The Hall–Kier alpha value is 0.250. The van der Waals surface area contributed by atoms with Gasteiger partial charge in [-0.05, 0) is 33.0 Å². The summed E-state index contributed by atoms with van der Waals surface area (Å²) in [5, 5.41) is 0. The van der Waals surface area contributed by atoms with Gasteiger partial charge in [0, 0.05) is 5.88 Å². The molecule has 1 nitrogen and oxygen atoms in total. The van der Waals surface area contributed by atoms with Gasteiger partial charge in [0.05, 0.1) is 0 Å². The lowest BCUT2D eigenvalue weighted by Crippen LogP contribution is -2.21. The molecule has 0 bridgehead atoms. The maximum atomic E-state index is 5.68. The molecule has 0 aliphatic rings. The van der Waals surface area contributed by atoms with Crippen molar-refractivity contribution in [3.05, 3.63) is 0 Å². The Bertz CT molecular complexity index is 150. The highest BCUT2D eigenvalue weighted by Gasteiger charge is 1.97. The number of alkyl halides is 1. The van der Waals surface area contributed by atoms with Crippen molar-refractivity contribution in [2.45, 2.75) is 77.6 Å². The van der Waals surface area contributed by atoms with Gasteiger partial charge < -0.3 is 4.90 Å². The Morgan fingerprint density at radius 2 is 1.11 bits per heavy atom. The van der Waals surface area contributed by atoms with E-state index in [-0.39, 0.29) is 0 Å². The molecular formula is C16H34ClN. The van der Waals surface area contributed by atoms with Gasteiger partial charge in [-0.25, -0.2) is 0 Å².